The molecule has 1 aliphatic rings. The number of aromatic nitrogens is 1. The molecule has 0 spiro atoms. The Bertz CT molecular complexity index is 1370. The van der Waals surface area contributed by atoms with Crippen LogP contribution in [0.5, 0.6) is 0 Å². The molecule has 0 atom stereocenters. The van der Waals surface area contributed by atoms with Crippen LogP contribution in [0.4, 0.5) is 10.8 Å². The van der Waals surface area contributed by atoms with E-state index < -0.39 is 5.41 Å². The highest BCUT2D eigenvalue weighted by Crippen LogP contribution is 2.49. The molecule has 0 saturated heterocycles. The van der Waals surface area contributed by atoms with Crippen molar-refractivity contribution in [1.82, 2.24) is 4.98 Å². The fourth-order valence-corrected chi connectivity index (χ4v) is 5.13. The van der Waals surface area contributed by atoms with Crippen molar-refractivity contribution in [3.8, 4) is 0 Å². The van der Waals surface area contributed by atoms with Gasteiger partial charge in [0.1, 0.15) is 0 Å². The SMILES string of the molecule is Cc1ccc(C2(C(=O)Nc3nc4ccc(C(=O)Nc5c(C)cccc5Cl)cc4s3)CC2)cc1. The van der Waals surface area contributed by atoms with Gasteiger partial charge in [0.15, 0.2) is 5.13 Å². The molecule has 0 unspecified atom stereocenters. The van der Waals surface area contributed by atoms with Crippen LogP contribution in [-0.4, -0.2) is 16.8 Å². The third-order valence-corrected chi connectivity index (χ3v) is 7.37. The number of halogens is 1. The Morgan fingerprint density at radius 2 is 1.76 bits per heavy atom. The van der Waals surface area contributed by atoms with Gasteiger partial charge in [-0.15, -0.1) is 0 Å². The van der Waals surface area contributed by atoms with Crippen molar-refractivity contribution in [1.29, 1.82) is 0 Å². The summed E-state index contributed by atoms with van der Waals surface area (Å²) in [6.45, 7) is 3.93. The van der Waals surface area contributed by atoms with E-state index in [0.29, 0.717) is 21.4 Å². The summed E-state index contributed by atoms with van der Waals surface area (Å²) in [7, 11) is 0. The fraction of sp³-hybridized carbons (Fsp3) is 0.192. The van der Waals surface area contributed by atoms with Crippen LogP contribution in [0.3, 0.4) is 0 Å². The van der Waals surface area contributed by atoms with Gasteiger partial charge in [0, 0.05) is 5.56 Å². The van der Waals surface area contributed by atoms with Crippen molar-refractivity contribution in [2.24, 2.45) is 0 Å². The average Bonchev–Trinajstić information content (AvgIpc) is 3.51. The number of thiazole rings is 1. The molecule has 0 radical (unpaired) electrons. The zero-order valence-corrected chi connectivity index (χ0v) is 19.8. The molecule has 1 aromatic heterocycles. The van der Waals surface area contributed by atoms with E-state index in [1.165, 1.54) is 16.9 Å². The molecule has 2 amide bonds. The van der Waals surface area contributed by atoms with Gasteiger partial charge in [0.2, 0.25) is 5.91 Å². The largest absolute Gasteiger partial charge is 0.320 e. The quantitative estimate of drug-likeness (QED) is 0.346. The number of para-hydroxylation sites is 1. The smallest absolute Gasteiger partial charge is 0.255 e. The Kier molecular flexibility index (Phi) is 5.43. The molecule has 1 heterocycles. The maximum absolute atomic E-state index is 13.1. The molecule has 7 heteroatoms. The summed E-state index contributed by atoms with van der Waals surface area (Å²) in [5.74, 6) is -0.277. The molecule has 1 fully saturated rings. The maximum atomic E-state index is 13.1. The van der Waals surface area contributed by atoms with E-state index in [1.54, 1.807) is 24.3 Å². The van der Waals surface area contributed by atoms with Gasteiger partial charge in [-0.05, 0) is 62.1 Å². The second-order valence-corrected chi connectivity index (χ2v) is 9.93. The molecular weight excluding hydrogens is 454 g/mol. The lowest BCUT2D eigenvalue weighted by atomic mass is 9.94. The van der Waals surface area contributed by atoms with Crippen LogP contribution in [-0.2, 0) is 10.2 Å². The predicted octanol–water partition coefficient (Wildman–Crippen LogP) is 6.49. The van der Waals surface area contributed by atoms with Crippen molar-refractivity contribution >= 4 is 55.8 Å². The van der Waals surface area contributed by atoms with Gasteiger partial charge in [-0.2, -0.15) is 0 Å². The summed E-state index contributed by atoms with van der Waals surface area (Å²) in [5.41, 5.74) is 4.48. The number of nitrogens with zero attached hydrogens (tertiary/aromatic N) is 1. The molecule has 33 heavy (non-hydrogen) atoms. The second-order valence-electron chi connectivity index (χ2n) is 8.49. The van der Waals surface area contributed by atoms with Crippen LogP contribution in [0.1, 0.15) is 39.9 Å². The summed E-state index contributed by atoms with van der Waals surface area (Å²) in [5, 5.41) is 6.92. The number of fused-ring (bicyclic) bond motifs is 1. The number of carbonyl (C=O) groups is 2. The summed E-state index contributed by atoms with van der Waals surface area (Å²) in [6.07, 6.45) is 1.66. The number of amides is 2. The normalized spacial score (nSPS) is 14.2. The Morgan fingerprint density at radius 1 is 1.00 bits per heavy atom. The van der Waals surface area contributed by atoms with Crippen molar-refractivity contribution in [3.63, 3.8) is 0 Å². The van der Waals surface area contributed by atoms with E-state index in [-0.39, 0.29) is 11.8 Å². The van der Waals surface area contributed by atoms with Gasteiger partial charge in [-0.25, -0.2) is 4.98 Å². The summed E-state index contributed by atoms with van der Waals surface area (Å²) < 4.78 is 0.828. The van der Waals surface area contributed by atoms with Crippen LogP contribution in [0.15, 0.2) is 60.7 Å². The summed E-state index contributed by atoms with van der Waals surface area (Å²) in [4.78, 5) is 30.4. The van der Waals surface area contributed by atoms with Crippen molar-refractivity contribution in [2.45, 2.75) is 32.1 Å². The second kappa shape index (κ2) is 8.28. The van der Waals surface area contributed by atoms with Gasteiger partial charge in [0.25, 0.3) is 5.91 Å². The molecule has 4 aromatic rings. The van der Waals surface area contributed by atoms with Crippen molar-refractivity contribution in [3.05, 3.63) is 87.9 Å². The molecule has 166 valence electrons. The number of aryl methyl sites for hydroxylation is 2. The molecule has 1 aliphatic carbocycles. The van der Waals surface area contributed by atoms with Gasteiger partial charge in [-0.3, -0.25) is 9.59 Å². The molecule has 5 nitrogen and oxygen atoms in total. The molecule has 0 aliphatic heterocycles. The van der Waals surface area contributed by atoms with Gasteiger partial charge in [0.05, 0.1) is 26.3 Å². The zero-order chi connectivity index (χ0) is 23.2. The topological polar surface area (TPSA) is 71.1 Å². The van der Waals surface area contributed by atoms with E-state index >= 15 is 0 Å². The minimum absolute atomic E-state index is 0.0300. The number of hydrogen-bond donors (Lipinski definition) is 2. The highest BCUT2D eigenvalue weighted by molar-refractivity contribution is 7.22. The lowest BCUT2D eigenvalue weighted by molar-refractivity contribution is -0.118. The number of nitrogens with one attached hydrogen (secondary N) is 2. The monoisotopic (exact) mass is 475 g/mol. The Balaban J connectivity index is 1.35. The number of anilines is 2. The molecule has 2 N–H and O–H groups in total. The highest BCUT2D eigenvalue weighted by atomic mass is 35.5. The molecule has 0 bridgehead atoms. The van der Waals surface area contributed by atoms with Crippen molar-refractivity contribution in [2.75, 3.05) is 10.6 Å². The number of carbonyl (C=O) groups excluding carboxylic acids is 2. The lowest BCUT2D eigenvalue weighted by Gasteiger charge is -2.14. The van der Waals surface area contributed by atoms with Crippen LogP contribution in [0, 0.1) is 13.8 Å². The van der Waals surface area contributed by atoms with E-state index in [1.807, 2.05) is 50.2 Å². The first-order chi connectivity index (χ1) is 15.9. The molecule has 3 aromatic carbocycles. The average molecular weight is 476 g/mol. The maximum Gasteiger partial charge on any atom is 0.255 e. The van der Waals surface area contributed by atoms with Gasteiger partial charge >= 0.3 is 0 Å². The number of hydrogen-bond acceptors (Lipinski definition) is 4. The van der Waals surface area contributed by atoms with Crippen molar-refractivity contribution < 1.29 is 9.59 Å². The number of benzene rings is 3. The van der Waals surface area contributed by atoms with Crippen LogP contribution < -0.4 is 10.6 Å². The zero-order valence-electron chi connectivity index (χ0n) is 18.2. The van der Waals surface area contributed by atoms with Gasteiger partial charge in [-0.1, -0.05) is 64.9 Å². The first-order valence-corrected chi connectivity index (χ1v) is 11.9. The third-order valence-electron chi connectivity index (χ3n) is 6.12. The molecular formula is C26H22ClN3O2S. The Hall–Kier alpha value is -3.22. The Labute approximate surface area is 200 Å². The van der Waals surface area contributed by atoms with Crippen LogP contribution >= 0.6 is 22.9 Å². The van der Waals surface area contributed by atoms with Gasteiger partial charge < -0.3 is 10.6 Å². The van der Waals surface area contributed by atoms with E-state index in [4.69, 9.17) is 11.6 Å². The number of rotatable bonds is 5. The standard InChI is InChI=1S/C26H22ClN3O2S/c1-15-6-9-18(10-7-15)26(12-13-26)24(32)30-25-28-20-11-8-17(14-21(20)33-25)23(31)29-22-16(2)4-3-5-19(22)27/h3-11,14H,12-13H2,1-2H3,(H,29,31)(H,28,30,32). The minimum Gasteiger partial charge on any atom is -0.320 e. The third kappa shape index (κ3) is 4.12. The fourth-order valence-electron chi connectivity index (χ4n) is 3.96. The minimum atomic E-state index is -0.469. The van der Waals surface area contributed by atoms with E-state index in [9.17, 15) is 9.59 Å². The summed E-state index contributed by atoms with van der Waals surface area (Å²) in [6, 6.07) is 18.9. The van der Waals surface area contributed by atoms with Crippen LogP contribution in [0.2, 0.25) is 5.02 Å². The van der Waals surface area contributed by atoms with Crippen LogP contribution in [0.25, 0.3) is 10.2 Å². The molecule has 1 saturated carbocycles. The Morgan fingerprint density at radius 3 is 2.45 bits per heavy atom. The first kappa shape index (κ1) is 21.6. The highest BCUT2D eigenvalue weighted by Gasteiger charge is 2.51. The molecule has 5 rings (SSSR count). The predicted molar refractivity (Wildman–Crippen MR) is 134 cm³/mol. The lowest BCUT2D eigenvalue weighted by Crippen LogP contribution is -2.27. The van der Waals surface area contributed by atoms with E-state index in [2.05, 4.69) is 15.6 Å². The first-order valence-electron chi connectivity index (χ1n) is 10.7. The summed E-state index contributed by atoms with van der Waals surface area (Å²) >= 11 is 7.60. The van der Waals surface area contributed by atoms with E-state index in [0.717, 1.165) is 34.2 Å².